The highest BCUT2D eigenvalue weighted by molar-refractivity contribution is 5.94. The molecule has 2 saturated heterocycles. The van der Waals surface area contributed by atoms with E-state index < -0.39 is 0 Å². The largest absolute Gasteiger partial charge is 0.353 e. The number of hydrogen-bond donors (Lipinski definition) is 0. The molecule has 0 spiro atoms. The summed E-state index contributed by atoms with van der Waals surface area (Å²) in [5, 5.41) is 0. The van der Waals surface area contributed by atoms with Crippen molar-refractivity contribution in [3.05, 3.63) is 47.3 Å². The molecule has 2 atom stereocenters. The summed E-state index contributed by atoms with van der Waals surface area (Å²) in [5.74, 6) is 1.77. The zero-order valence-electron chi connectivity index (χ0n) is 18.7. The second kappa shape index (κ2) is 11.0. The number of halogens is 2. The Balaban J connectivity index is 0.00000181. The van der Waals surface area contributed by atoms with Gasteiger partial charge in [-0.25, -0.2) is 9.97 Å². The number of aromatic nitrogens is 2. The van der Waals surface area contributed by atoms with Crippen LogP contribution in [0.3, 0.4) is 0 Å². The molecule has 9 heteroatoms. The Kier molecular flexibility index (Phi) is 8.87. The maximum atomic E-state index is 13.0. The number of pyridine rings is 2. The van der Waals surface area contributed by atoms with Gasteiger partial charge in [-0.05, 0) is 56.9 Å². The van der Waals surface area contributed by atoms with Gasteiger partial charge in [0.1, 0.15) is 17.9 Å². The predicted octanol–water partition coefficient (Wildman–Crippen LogP) is 3.46. The van der Waals surface area contributed by atoms with Crippen LogP contribution in [0.4, 0.5) is 11.6 Å². The topological polar surface area (TPSA) is 69.6 Å². The molecule has 0 saturated carbocycles. The smallest absolute Gasteiger partial charge is 0.255 e. The number of aryl methyl sites for hydroxylation is 2. The first-order valence-corrected chi connectivity index (χ1v) is 10.6. The molecule has 2 aromatic heterocycles. The Bertz CT molecular complexity index is 932. The molecule has 0 bridgehead atoms. The van der Waals surface area contributed by atoms with Gasteiger partial charge in [-0.2, -0.15) is 0 Å². The van der Waals surface area contributed by atoms with E-state index in [1.54, 1.807) is 6.20 Å². The lowest BCUT2D eigenvalue weighted by atomic mass is 10.2. The molecule has 2 aliphatic rings. The molecule has 32 heavy (non-hydrogen) atoms. The Morgan fingerprint density at radius 1 is 1.03 bits per heavy atom. The number of carbonyl (C=O) groups excluding carboxylic acids is 2. The van der Waals surface area contributed by atoms with Crippen molar-refractivity contribution in [2.45, 2.75) is 45.7 Å². The molecule has 4 rings (SSSR count). The van der Waals surface area contributed by atoms with Crippen molar-refractivity contribution in [2.24, 2.45) is 0 Å². The van der Waals surface area contributed by atoms with Crippen molar-refractivity contribution in [1.29, 1.82) is 0 Å². The Labute approximate surface area is 202 Å². The van der Waals surface area contributed by atoms with Crippen LogP contribution in [0.2, 0.25) is 0 Å². The van der Waals surface area contributed by atoms with Gasteiger partial charge in [0.2, 0.25) is 0 Å². The number of aldehydes is 1. The highest BCUT2D eigenvalue weighted by Crippen LogP contribution is 2.28. The van der Waals surface area contributed by atoms with E-state index in [1.807, 2.05) is 30.2 Å². The summed E-state index contributed by atoms with van der Waals surface area (Å²) in [4.78, 5) is 39.6. The van der Waals surface area contributed by atoms with E-state index in [4.69, 9.17) is 0 Å². The molecule has 0 aromatic carbocycles. The summed E-state index contributed by atoms with van der Waals surface area (Å²) < 4.78 is 0. The zero-order valence-corrected chi connectivity index (χ0v) is 20.4. The summed E-state index contributed by atoms with van der Waals surface area (Å²) in [6, 6.07) is 5.99. The lowest BCUT2D eigenvalue weighted by molar-refractivity contribution is -0.108. The minimum absolute atomic E-state index is 0. The van der Waals surface area contributed by atoms with Crippen molar-refractivity contribution in [1.82, 2.24) is 14.9 Å². The van der Waals surface area contributed by atoms with Gasteiger partial charge < -0.3 is 19.5 Å². The van der Waals surface area contributed by atoms with Crippen LogP contribution in [0.5, 0.6) is 0 Å². The number of piperazine rings is 1. The van der Waals surface area contributed by atoms with Crippen LogP contribution in [0.1, 0.15) is 41.3 Å². The molecule has 4 heterocycles. The van der Waals surface area contributed by atoms with Gasteiger partial charge in [0.05, 0.1) is 11.6 Å². The molecule has 2 fully saturated rings. The van der Waals surface area contributed by atoms with Crippen LogP contribution >= 0.6 is 24.8 Å². The molecule has 7 nitrogen and oxygen atoms in total. The van der Waals surface area contributed by atoms with Gasteiger partial charge in [-0.1, -0.05) is 6.07 Å². The molecule has 174 valence electrons. The monoisotopic (exact) mass is 479 g/mol. The molecule has 0 aliphatic carbocycles. The van der Waals surface area contributed by atoms with Crippen LogP contribution in [0, 0.1) is 13.8 Å². The quantitative estimate of drug-likeness (QED) is 0.625. The fourth-order valence-corrected chi connectivity index (χ4v) is 4.55. The number of nitrogens with zero attached hydrogens (tertiary/aromatic N) is 5. The Morgan fingerprint density at radius 3 is 2.34 bits per heavy atom. The summed E-state index contributed by atoms with van der Waals surface area (Å²) in [6.45, 7) is 9.08. The van der Waals surface area contributed by atoms with Crippen molar-refractivity contribution in [3.8, 4) is 0 Å². The van der Waals surface area contributed by atoms with E-state index in [-0.39, 0.29) is 42.8 Å². The maximum absolute atomic E-state index is 13.0. The third-order valence-corrected chi connectivity index (χ3v) is 6.18. The average Bonchev–Trinajstić information content (AvgIpc) is 3.14. The second-order valence-corrected chi connectivity index (χ2v) is 8.37. The summed E-state index contributed by atoms with van der Waals surface area (Å²) in [5.41, 5.74) is 2.91. The minimum Gasteiger partial charge on any atom is -0.353 e. The van der Waals surface area contributed by atoms with Crippen LogP contribution in [0.25, 0.3) is 0 Å². The highest BCUT2D eigenvalue weighted by Gasteiger charge is 2.31. The maximum Gasteiger partial charge on any atom is 0.255 e. The fraction of sp³-hybridized carbons (Fsp3) is 0.478. The third-order valence-electron chi connectivity index (χ3n) is 6.18. The molecule has 2 aromatic rings. The van der Waals surface area contributed by atoms with Crippen LogP contribution in [-0.2, 0) is 4.79 Å². The number of anilines is 2. The van der Waals surface area contributed by atoms with E-state index >= 15 is 0 Å². The van der Waals surface area contributed by atoms with Crippen molar-refractivity contribution < 1.29 is 9.59 Å². The van der Waals surface area contributed by atoms with Crippen molar-refractivity contribution in [2.75, 3.05) is 36.0 Å². The van der Waals surface area contributed by atoms with E-state index in [0.717, 1.165) is 49.4 Å². The SMILES string of the molecule is Cc1cnc(N2CCN(C(=O)c3ccc(N4C(C)CCC4C=O)nc3)CC2)c(C)c1.Cl.Cl. The molecule has 0 N–H and O–H groups in total. The average molecular weight is 480 g/mol. The summed E-state index contributed by atoms with van der Waals surface area (Å²) in [7, 11) is 0. The van der Waals surface area contributed by atoms with Crippen LogP contribution in [-0.4, -0.2) is 65.3 Å². The van der Waals surface area contributed by atoms with Crippen molar-refractivity contribution in [3.63, 3.8) is 0 Å². The van der Waals surface area contributed by atoms with E-state index in [2.05, 4.69) is 39.7 Å². The zero-order chi connectivity index (χ0) is 21.3. The van der Waals surface area contributed by atoms with Gasteiger partial charge in [-0.3, -0.25) is 4.79 Å². The number of carbonyl (C=O) groups is 2. The second-order valence-electron chi connectivity index (χ2n) is 8.37. The normalized spacial score (nSPS) is 20.4. The van der Waals surface area contributed by atoms with Crippen molar-refractivity contribution >= 4 is 48.6 Å². The predicted molar refractivity (Wildman–Crippen MR) is 132 cm³/mol. The molecular weight excluding hydrogens is 449 g/mol. The fourth-order valence-electron chi connectivity index (χ4n) is 4.55. The number of hydrogen-bond acceptors (Lipinski definition) is 6. The standard InChI is InChI=1S/C23H29N5O2.2ClH/c1-16-12-17(2)22(25-13-16)26-8-10-27(11-9-26)23(30)19-5-7-21(24-14-19)28-18(3)4-6-20(28)15-29;;/h5,7,12-15,18,20H,4,6,8-11H2,1-3H3;2*1H. The van der Waals surface area contributed by atoms with E-state index in [1.165, 1.54) is 5.56 Å². The number of rotatable bonds is 4. The van der Waals surface area contributed by atoms with E-state index in [9.17, 15) is 9.59 Å². The first-order valence-electron chi connectivity index (χ1n) is 10.6. The van der Waals surface area contributed by atoms with E-state index in [0.29, 0.717) is 18.7 Å². The first kappa shape index (κ1) is 25.9. The Morgan fingerprint density at radius 2 is 1.75 bits per heavy atom. The van der Waals surface area contributed by atoms with Gasteiger partial charge in [0, 0.05) is 44.6 Å². The lowest BCUT2D eigenvalue weighted by Crippen LogP contribution is -2.49. The Hall–Kier alpha value is -2.38. The highest BCUT2D eigenvalue weighted by atomic mass is 35.5. The lowest BCUT2D eigenvalue weighted by Gasteiger charge is -2.36. The summed E-state index contributed by atoms with van der Waals surface area (Å²) in [6.07, 6.45) is 6.36. The molecule has 0 radical (unpaired) electrons. The third kappa shape index (κ3) is 5.15. The molecule has 1 amide bonds. The van der Waals surface area contributed by atoms with Gasteiger partial charge in [0.25, 0.3) is 5.91 Å². The van der Waals surface area contributed by atoms with Gasteiger partial charge in [-0.15, -0.1) is 24.8 Å². The first-order chi connectivity index (χ1) is 14.5. The summed E-state index contributed by atoms with van der Waals surface area (Å²) >= 11 is 0. The molecule has 2 aliphatic heterocycles. The molecular formula is C23H31Cl2N5O2. The van der Waals surface area contributed by atoms with Gasteiger partial charge in [0.15, 0.2) is 0 Å². The van der Waals surface area contributed by atoms with Crippen LogP contribution in [0.15, 0.2) is 30.6 Å². The van der Waals surface area contributed by atoms with Gasteiger partial charge >= 0.3 is 0 Å². The number of amides is 1. The minimum atomic E-state index is -0.124. The van der Waals surface area contributed by atoms with Crippen LogP contribution < -0.4 is 9.80 Å². The molecule has 2 unspecified atom stereocenters.